The van der Waals surface area contributed by atoms with Crippen molar-refractivity contribution in [3.8, 4) is 0 Å². The number of fused-ring (bicyclic) bond motifs is 1. The number of aliphatic hydroxyl groups excluding tert-OH is 1. The van der Waals surface area contributed by atoms with Crippen LogP contribution in [0, 0.1) is 0 Å². The number of amides is 1. The van der Waals surface area contributed by atoms with Crippen LogP contribution in [0.2, 0.25) is 0 Å². The van der Waals surface area contributed by atoms with Crippen LogP contribution in [-0.4, -0.2) is 39.7 Å². The summed E-state index contributed by atoms with van der Waals surface area (Å²) in [7, 11) is 3.30. The maximum absolute atomic E-state index is 12.2. The molecule has 0 atom stereocenters. The summed E-state index contributed by atoms with van der Waals surface area (Å²) in [4.78, 5) is 17.8. The molecule has 7 heteroatoms. The largest absolute Gasteiger partial charge is 0.505 e. The Balaban J connectivity index is 2.80. The highest BCUT2D eigenvalue weighted by Crippen LogP contribution is 2.28. The highest BCUT2D eigenvalue weighted by molar-refractivity contribution is 9.10. The first-order chi connectivity index (χ1) is 9.32. The number of carbonyl (C=O) groups excluding carboxylic acids is 1. The van der Waals surface area contributed by atoms with Crippen molar-refractivity contribution in [2.75, 3.05) is 14.1 Å². The van der Waals surface area contributed by atoms with Crippen molar-refractivity contribution in [2.24, 2.45) is 5.73 Å². The fraction of sp³-hybridized carbons (Fsp3) is 0.231. The Hall–Kier alpha value is -2.02. The van der Waals surface area contributed by atoms with Crippen LogP contribution < -0.4 is 5.73 Å². The van der Waals surface area contributed by atoms with Gasteiger partial charge in [0, 0.05) is 47.6 Å². The molecular weight excluding hydrogens is 324 g/mol. The topological polar surface area (TPSA) is 84.4 Å². The number of aliphatic hydroxyl groups is 1. The van der Waals surface area contributed by atoms with Gasteiger partial charge in [-0.25, -0.2) is 9.78 Å². The highest BCUT2D eigenvalue weighted by Gasteiger charge is 2.19. The normalized spacial score (nSPS) is 12.4. The van der Waals surface area contributed by atoms with E-state index in [1.165, 1.54) is 15.7 Å². The molecule has 0 fully saturated rings. The highest BCUT2D eigenvalue weighted by atomic mass is 79.9. The van der Waals surface area contributed by atoms with Gasteiger partial charge in [-0.1, -0.05) is 0 Å². The average molecular weight is 339 g/mol. The van der Waals surface area contributed by atoms with Crippen LogP contribution in [0.15, 0.2) is 28.6 Å². The van der Waals surface area contributed by atoms with Crippen LogP contribution in [0.1, 0.15) is 12.5 Å². The summed E-state index contributed by atoms with van der Waals surface area (Å²) in [6.45, 7) is 1.59. The van der Waals surface area contributed by atoms with Crippen molar-refractivity contribution < 1.29 is 9.90 Å². The van der Waals surface area contributed by atoms with Crippen LogP contribution in [0.4, 0.5) is 4.79 Å². The molecule has 0 spiro atoms. The number of pyridine rings is 1. The molecule has 0 bridgehead atoms. The van der Waals surface area contributed by atoms with E-state index in [2.05, 4.69) is 20.9 Å². The molecule has 2 aromatic rings. The third-order valence-electron chi connectivity index (χ3n) is 2.83. The molecule has 3 N–H and O–H groups in total. The van der Waals surface area contributed by atoms with Gasteiger partial charge in [0.2, 0.25) is 0 Å². The Morgan fingerprint density at radius 3 is 2.70 bits per heavy atom. The lowest BCUT2D eigenvalue weighted by Crippen LogP contribution is -2.26. The first kappa shape index (κ1) is 14.4. The van der Waals surface area contributed by atoms with Gasteiger partial charge < -0.3 is 15.7 Å². The van der Waals surface area contributed by atoms with E-state index in [0.717, 1.165) is 4.47 Å². The summed E-state index contributed by atoms with van der Waals surface area (Å²) in [5.41, 5.74) is 6.86. The van der Waals surface area contributed by atoms with E-state index in [9.17, 15) is 9.90 Å². The number of rotatable bonds is 1. The lowest BCUT2D eigenvalue weighted by molar-refractivity contribution is 0.220. The number of hydrogen-bond acceptors (Lipinski definition) is 4. The van der Waals surface area contributed by atoms with Gasteiger partial charge in [-0.3, -0.25) is 4.57 Å². The molecule has 106 valence electrons. The van der Waals surface area contributed by atoms with Crippen LogP contribution in [0.3, 0.4) is 0 Å². The number of allylic oxidation sites excluding steroid dienone is 1. The fourth-order valence-electron chi connectivity index (χ4n) is 1.84. The van der Waals surface area contributed by atoms with Crippen molar-refractivity contribution in [1.29, 1.82) is 0 Å². The number of carbonyl (C=O) groups is 1. The molecule has 0 saturated heterocycles. The smallest absolute Gasteiger partial charge is 0.329 e. The lowest BCUT2D eigenvalue weighted by atomic mass is 10.1. The Bertz CT molecular complexity index is 714. The quantitative estimate of drug-likeness (QED) is 0.782. The minimum absolute atomic E-state index is 0.0554. The number of aromatic nitrogens is 2. The van der Waals surface area contributed by atoms with Gasteiger partial charge >= 0.3 is 6.03 Å². The summed E-state index contributed by atoms with van der Waals surface area (Å²) in [5.74, 6) is -0.0554. The van der Waals surface area contributed by atoms with Gasteiger partial charge in [-0.15, -0.1) is 0 Å². The van der Waals surface area contributed by atoms with Crippen molar-refractivity contribution in [1.82, 2.24) is 14.5 Å². The van der Waals surface area contributed by atoms with Crippen molar-refractivity contribution in [3.05, 3.63) is 34.2 Å². The van der Waals surface area contributed by atoms with Crippen molar-refractivity contribution in [3.63, 3.8) is 0 Å². The molecular formula is C13H15BrN4O2. The third-order valence-corrected chi connectivity index (χ3v) is 3.26. The van der Waals surface area contributed by atoms with E-state index in [-0.39, 0.29) is 17.5 Å². The molecule has 0 aliphatic heterocycles. The molecule has 6 nitrogen and oxygen atoms in total. The van der Waals surface area contributed by atoms with Gasteiger partial charge in [0.05, 0.1) is 0 Å². The molecule has 2 heterocycles. The van der Waals surface area contributed by atoms with E-state index < -0.39 is 0 Å². The number of halogens is 1. The molecule has 0 saturated carbocycles. The van der Waals surface area contributed by atoms with Crippen LogP contribution in [0.25, 0.3) is 16.8 Å². The monoisotopic (exact) mass is 338 g/mol. The summed E-state index contributed by atoms with van der Waals surface area (Å²) in [5, 5.41) is 10.7. The second kappa shape index (κ2) is 5.16. The number of nitrogens with two attached hydrogens (primary N) is 1. The molecule has 0 aliphatic carbocycles. The molecule has 1 amide bonds. The summed E-state index contributed by atoms with van der Waals surface area (Å²) < 4.78 is 2.14. The van der Waals surface area contributed by atoms with Crippen LogP contribution >= 0.6 is 15.9 Å². The Morgan fingerprint density at radius 2 is 2.15 bits per heavy atom. The summed E-state index contributed by atoms with van der Waals surface area (Å²) >= 11 is 3.33. The zero-order valence-electron chi connectivity index (χ0n) is 11.4. The average Bonchev–Trinajstić information content (AvgIpc) is 2.75. The lowest BCUT2D eigenvalue weighted by Gasteiger charge is -2.10. The summed E-state index contributed by atoms with van der Waals surface area (Å²) in [6.07, 6.45) is 3.14. The number of hydrogen-bond donors (Lipinski definition) is 2. The predicted molar refractivity (Wildman–Crippen MR) is 81.3 cm³/mol. The minimum atomic E-state index is -0.251. The third kappa shape index (κ3) is 2.36. The van der Waals surface area contributed by atoms with Crippen LogP contribution in [0.5, 0.6) is 0 Å². The van der Waals surface area contributed by atoms with E-state index in [1.807, 2.05) is 0 Å². The number of nitrogens with zero attached hydrogens (tertiary/aromatic N) is 3. The van der Waals surface area contributed by atoms with Gasteiger partial charge in [-0.05, 0) is 28.9 Å². The van der Waals surface area contributed by atoms with E-state index in [0.29, 0.717) is 16.6 Å². The molecule has 2 aromatic heterocycles. The molecule has 0 aromatic carbocycles. The maximum atomic E-state index is 12.2. The Labute approximate surface area is 124 Å². The Kier molecular flexibility index (Phi) is 3.71. The van der Waals surface area contributed by atoms with Crippen LogP contribution in [-0.2, 0) is 0 Å². The van der Waals surface area contributed by atoms with Crippen molar-refractivity contribution in [2.45, 2.75) is 6.92 Å². The zero-order chi connectivity index (χ0) is 15.0. The van der Waals surface area contributed by atoms with E-state index in [1.54, 1.807) is 33.3 Å². The predicted octanol–water partition coefficient (Wildman–Crippen LogP) is 2.53. The Morgan fingerprint density at radius 1 is 1.50 bits per heavy atom. The first-order valence-corrected chi connectivity index (χ1v) is 6.66. The fourth-order valence-corrected chi connectivity index (χ4v) is 2.18. The minimum Gasteiger partial charge on any atom is -0.505 e. The van der Waals surface area contributed by atoms with Gasteiger partial charge in [0.25, 0.3) is 0 Å². The standard InChI is InChI=1S/C13H15BrN4O2/c1-7(15)11(19)10-6-18(13(20)17(2)3)12-9(10)4-8(14)5-16-12/h4-6,19H,15H2,1-3H3/b11-7-. The second-order valence-corrected chi connectivity index (χ2v) is 5.56. The molecule has 20 heavy (non-hydrogen) atoms. The summed E-state index contributed by atoms with van der Waals surface area (Å²) in [6, 6.07) is 1.54. The molecule has 0 radical (unpaired) electrons. The van der Waals surface area contributed by atoms with Gasteiger partial charge in [0.1, 0.15) is 11.4 Å². The second-order valence-electron chi connectivity index (χ2n) is 4.65. The first-order valence-electron chi connectivity index (χ1n) is 5.87. The van der Waals surface area contributed by atoms with E-state index >= 15 is 0 Å². The molecule has 0 aliphatic rings. The molecule has 0 unspecified atom stereocenters. The zero-order valence-corrected chi connectivity index (χ0v) is 13.0. The SMILES string of the molecule is C/C(N)=C(/O)c1cn(C(=O)N(C)C)c2ncc(Br)cc12. The van der Waals surface area contributed by atoms with Gasteiger partial charge in [0.15, 0.2) is 0 Å². The molecule has 2 rings (SSSR count). The van der Waals surface area contributed by atoms with Gasteiger partial charge in [-0.2, -0.15) is 0 Å². The van der Waals surface area contributed by atoms with Crippen molar-refractivity contribution >= 4 is 38.8 Å². The maximum Gasteiger partial charge on any atom is 0.329 e. The van der Waals surface area contributed by atoms with E-state index in [4.69, 9.17) is 5.73 Å².